The Balaban J connectivity index is 0.000000118. The summed E-state index contributed by atoms with van der Waals surface area (Å²) in [4.78, 5) is 52.5. The molecule has 0 aliphatic rings. The molecule has 0 saturated carbocycles. The molecule has 0 fully saturated rings. The van der Waals surface area contributed by atoms with Crippen molar-refractivity contribution in [2.24, 2.45) is 0 Å². The highest BCUT2D eigenvalue weighted by atomic mass is 15.1. The molecule has 0 bridgehead atoms. The van der Waals surface area contributed by atoms with Crippen LogP contribution in [0.5, 0.6) is 0 Å². The van der Waals surface area contributed by atoms with E-state index in [1.54, 1.807) is 6.20 Å². The third-order valence-corrected chi connectivity index (χ3v) is 18.6. The van der Waals surface area contributed by atoms with Crippen LogP contribution in [0.4, 0.5) is 0 Å². The number of rotatable bonds is 12. The fraction of sp³-hybridized carbons (Fsp3) is 0. The van der Waals surface area contributed by atoms with Gasteiger partial charge in [0.1, 0.15) is 0 Å². The summed E-state index contributed by atoms with van der Waals surface area (Å²) in [5.41, 5.74) is 15.4. The molecule has 0 aliphatic carbocycles. The van der Waals surface area contributed by atoms with Crippen molar-refractivity contribution in [3.8, 4) is 136 Å². The number of nitrogens with zero attached hydrogens (tertiary/aromatic N) is 11. The first-order chi connectivity index (χ1) is 52.5. The monoisotopic (exact) mass is 1360 g/mol. The molecule has 5 aromatic heterocycles. The lowest BCUT2D eigenvalue weighted by Crippen LogP contribution is -2.01. The van der Waals surface area contributed by atoms with Gasteiger partial charge in [-0.05, 0) is 107 Å². The van der Waals surface area contributed by atoms with Gasteiger partial charge in [0, 0.05) is 74.9 Å². The average Bonchev–Trinajstić information content (AvgIpc) is 0.773. The Morgan fingerprint density at radius 2 is 0.415 bits per heavy atom. The zero-order valence-electron chi connectivity index (χ0n) is 57.3. The van der Waals surface area contributed by atoms with Crippen molar-refractivity contribution >= 4 is 43.1 Å². The molecule has 0 unspecified atom stereocenters. The van der Waals surface area contributed by atoms with Crippen LogP contribution in [0.1, 0.15) is 0 Å². The Morgan fingerprint density at radius 1 is 0.142 bits per heavy atom. The zero-order valence-corrected chi connectivity index (χ0v) is 57.3. The highest BCUT2D eigenvalue weighted by molar-refractivity contribution is 5.98. The molecule has 14 aromatic carbocycles. The molecule has 0 N–H and O–H groups in total. The van der Waals surface area contributed by atoms with E-state index in [1.165, 1.54) is 21.9 Å². The summed E-state index contributed by atoms with van der Waals surface area (Å²) in [6, 6.07) is 122. The summed E-state index contributed by atoms with van der Waals surface area (Å²) >= 11 is 0. The van der Waals surface area contributed by atoms with Crippen LogP contribution < -0.4 is 0 Å². The van der Waals surface area contributed by atoms with Gasteiger partial charge < -0.3 is 0 Å². The van der Waals surface area contributed by atoms with Gasteiger partial charge in [-0.2, -0.15) is 0 Å². The Hall–Kier alpha value is -14.6. The van der Waals surface area contributed by atoms with Crippen molar-refractivity contribution in [1.82, 2.24) is 54.8 Å². The Morgan fingerprint density at radius 3 is 0.821 bits per heavy atom. The van der Waals surface area contributed by atoms with Gasteiger partial charge in [0.2, 0.25) is 0 Å². The van der Waals surface area contributed by atoms with E-state index in [0.717, 1.165) is 105 Å². The van der Waals surface area contributed by atoms with Crippen LogP contribution in [-0.4, -0.2) is 54.8 Å². The topological polar surface area (TPSA) is 142 Å². The maximum atomic E-state index is 5.04. The van der Waals surface area contributed by atoms with Crippen molar-refractivity contribution in [3.63, 3.8) is 0 Å². The van der Waals surface area contributed by atoms with E-state index in [0.29, 0.717) is 52.4 Å². The smallest absolute Gasteiger partial charge is 0.164 e. The fourth-order valence-electron chi connectivity index (χ4n) is 13.1. The number of pyridine rings is 2. The van der Waals surface area contributed by atoms with Crippen LogP contribution in [0.15, 0.2) is 383 Å². The van der Waals surface area contributed by atoms with Crippen LogP contribution in [-0.2, 0) is 0 Å². The minimum atomic E-state index is 0.643. The second kappa shape index (κ2) is 29.9. The zero-order chi connectivity index (χ0) is 70.8. The van der Waals surface area contributed by atoms with Crippen molar-refractivity contribution in [2.75, 3.05) is 0 Å². The fourth-order valence-corrected chi connectivity index (χ4v) is 13.1. The maximum Gasteiger partial charge on any atom is 0.164 e. The predicted molar refractivity (Wildman–Crippen MR) is 430 cm³/mol. The van der Waals surface area contributed by atoms with Crippen LogP contribution in [0.2, 0.25) is 0 Å². The molecule has 11 heteroatoms. The molecule has 19 rings (SSSR count). The molecule has 0 spiro atoms. The molecule has 0 amide bonds. The number of benzene rings is 14. The van der Waals surface area contributed by atoms with Crippen LogP contribution in [0, 0.1) is 0 Å². The van der Waals surface area contributed by atoms with E-state index < -0.39 is 0 Å². The number of fused-ring (bicyclic) bond motifs is 4. The van der Waals surface area contributed by atoms with Gasteiger partial charge in [-0.3, -0.25) is 9.97 Å². The molecule has 0 radical (unpaired) electrons. The van der Waals surface area contributed by atoms with E-state index in [1.807, 2.05) is 116 Å². The van der Waals surface area contributed by atoms with Crippen molar-refractivity contribution in [3.05, 3.63) is 383 Å². The summed E-state index contributed by atoms with van der Waals surface area (Å²) in [6.07, 6.45) is 7.27. The van der Waals surface area contributed by atoms with E-state index in [-0.39, 0.29) is 0 Å². The van der Waals surface area contributed by atoms with Gasteiger partial charge in [0.15, 0.2) is 52.4 Å². The second-order valence-electron chi connectivity index (χ2n) is 25.4. The number of hydrogen-bond donors (Lipinski definition) is 0. The van der Waals surface area contributed by atoms with Gasteiger partial charge in [-0.15, -0.1) is 0 Å². The summed E-state index contributed by atoms with van der Waals surface area (Å²) < 4.78 is 0. The van der Waals surface area contributed by atoms with Crippen LogP contribution in [0.25, 0.3) is 179 Å². The molecule has 0 saturated heterocycles. The minimum absolute atomic E-state index is 0.643. The van der Waals surface area contributed by atoms with Gasteiger partial charge in [0.25, 0.3) is 0 Å². The molecule has 5 heterocycles. The average molecular weight is 1360 g/mol. The molecule has 498 valence electrons. The molecule has 11 nitrogen and oxygen atoms in total. The summed E-state index contributed by atoms with van der Waals surface area (Å²) in [6.45, 7) is 0. The molecular weight excluding hydrogens is 1300 g/mol. The van der Waals surface area contributed by atoms with E-state index >= 15 is 0 Å². The predicted octanol–water partition coefficient (Wildman–Crippen LogP) is 23.0. The first-order valence-electron chi connectivity index (χ1n) is 35.0. The molecule has 19 aromatic rings. The third kappa shape index (κ3) is 14.3. The van der Waals surface area contributed by atoms with E-state index in [9.17, 15) is 0 Å². The Labute approximate surface area is 612 Å². The van der Waals surface area contributed by atoms with Gasteiger partial charge in [0.05, 0.1) is 0 Å². The SMILES string of the molecule is c1ccc(-c2ccc(-c3nc(-c4ccccc4)nc(-c4ccccc4)n3)cc2)cc1.c1ccc2c(-c3nc(-c4ccc(-c5ccncc5)cc4)nc(-c4cccc5ccccc45)n3)cccc2c1.c1cncc(-c2ccc(-c3nc(-c4ccc5ccccc5c4)nc(-c4ccc5ccccc5c4)n3)cc2)c1. The second-order valence-corrected chi connectivity index (χ2v) is 25.4. The molecule has 0 atom stereocenters. The lowest BCUT2D eigenvalue weighted by atomic mass is 10.0. The maximum absolute atomic E-state index is 5.04. The van der Waals surface area contributed by atoms with Gasteiger partial charge in [-0.25, -0.2) is 44.9 Å². The largest absolute Gasteiger partial charge is 0.265 e. The highest BCUT2D eigenvalue weighted by Gasteiger charge is 2.19. The van der Waals surface area contributed by atoms with Crippen molar-refractivity contribution in [1.29, 1.82) is 0 Å². The summed E-state index contributed by atoms with van der Waals surface area (Å²) in [7, 11) is 0. The quantitative estimate of drug-likeness (QED) is 0.115. The molecule has 106 heavy (non-hydrogen) atoms. The minimum Gasteiger partial charge on any atom is -0.265 e. The Bertz CT molecular complexity index is 6030. The summed E-state index contributed by atoms with van der Waals surface area (Å²) in [5, 5.41) is 9.21. The lowest BCUT2D eigenvalue weighted by Gasteiger charge is -2.12. The standard InChI is InChI=1S/2C34H22N4.C27H19N3/c1-3-11-28-25(7-1)9-5-13-30(28)33-36-32(27-17-15-23(16-18-27)24-19-21-35-22-20-24)37-34(38-33)31-14-6-10-26-8-2-4-12-29(26)31;1-3-8-27-20-29(17-13-23(27)6-1)33-36-32(26-15-11-25(12-16-26)31-10-5-19-35-22-31)37-34(38-33)30-18-14-24-7-2-4-9-28(24)21-30;1-4-10-20(11-5-1)21-16-18-24(19-17-21)27-29-25(22-12-6-2-7-13-22)28-26(30-27)23-14-8-3-9-15-23/h2*1-22H;1-19H. The summed E-state index contributed by atoms with van der Waals surface area (Å²) in [5.74, 6) is 5.93. The third-order valence-electron chi connectivity index (χ3n) is 18.6. The van der Waals surface area contributed by atoms with E-state index in [4.69, 9.17) is 44.9 Å². The van der Waals surface area contributed by atoms with Crippen molar-refractivity contribution < 1.29 is 0 Å². The first-order valence-corrected chi connectivity index (χ1v) is 35.0. The number of aromatic nitrogens is 11. The van der Waals surface area contributed by atoms with Crippen LogP contribution in [0.3, 0.4) is 0 Å². The van der Waals surface area contributed by atoms with Crippen LogP contribution >= 0.6 is 0 Å². The van der Waals surface area contributed by atoms with Crippen molar-refractivity contribution in [2.45, 2.75) is 0 Å². The lowest BCUT2D eigenvalue weighted by molar-refractivity contribution is 1.07. The van der Waals surface area contributed by atoms with Gasteiger partial charge in [-0.1, -0.05) is 328 Å². The number of hydrogen-bond acceptors (Lipinski definition) is 11. The normalized spacial score (nSPS) is 11.0. The van der Waals surface area contributed by atoms with Gasteiger partial charge >= 0.3 is 0 Å². The molecule has 0 aliphatic heterocycles. The Kier molecular flexibility index (Phi) is 18.3. The first kappa shape index (κ1) is 64.8. The van der Waals surface area contributed by atoms with E-state index in [2.05, 4.69) is 271 Å². The molecular formula is C95H63N11. The highest BCUT2D eigenvalue weighted by Crippen LogP contribution is 2.36.